The minimum absolute atomic E-state index is 0.00875. The molecule has 3 rings (SSSR count). The molecule has 62 heavy (non-hydrogen) atoms. The number of aliphatic hydroxyl groups excluding tert-OH is 1. The van der Waals surface area contributed by atoms with Gasteiger partial charge in [-0.3, -0.25) is 33.8 Å². The zero-order valence-corrected chi connectivity index (χ0v) is 37.6. The number of likely N-dealkylation sites (N-methyl/N-ethyl adjacent to an activating group) is 2. The van der Waals surface area contributed by atoms with Crippen LogP contribution in [-0.4, -0.2) is 124 Å². The van der Waals surface area contributed by atoms with Gasteiger partial charge in [0.2, 0.25) is 35.4 Å². The maximum absolute atomic E-state index is 14.2. The molecule has 0 fully saturated rings. The molecule has 16 heteroatoms. The topological polar surface area (TPSA) is 216 Å². The van der Waals surface area contributed by atoms with E-state index < -0.39 is 96.3 Å². The van der Waals surface area contributed by atoms with Crippen LogP contribution in [0.1, 0.15) is 79.4 Å². The molecule has 2 heterocycles. The zero-order valence-electron chi connectivity index (χ0n) is 37.6. The van der Waals surface area contributed by atoms with Crippen molar-refractivity contribution >= 4 is 41.4 Å². The van der Waals surface area contributed by atoms with Gasteiger partial charge in [-0.05, 0) is 75.8 Å². The van der Waals surface area contributed by atoms with Crippen molar-refractivity contribution < 1.29 is 43.4 Å². The summed E-state index contributed by atoms with van der Waals surface area (Å²) in [6.07, 6.45) is 5.01. The van der Waals surface area contributed by atoms with Crippen molar-refractivity contribution in [2.75, 3.05) is 20.6 Å². The third-order valence-electron chi connectivity index (χ3n) is 11.4. The Labute approximate surface area is 365 Å². The minimum Gasteiger partial charge on any atom is -0.456 e. The van der Waals surface area contributed by atoms with Crippen LogP contribution >= 0.6 is 0 Å². The van der Waals surface area contributed by atoms with E-state index in [2.05, 4.69) is 26.3 Å². The van der Waals surface area contributed by atoms with Crippen LogP contribution in [0.2, 0.25) is 0 Å². The number of cyclic esters (lactones) is 1. The van der Waals surface area contributed by atoms with E-state index in [0.717, 1.165) is 5.56 Å². The first-order valence-corrected chi connectivity index (χ1v) is 21.1. The Hall–Kier alpha value is -5.90. The molecule has 9 atom stereocenters. The van der Waals surface area contributed by atoms with Gasteiger partial charge in [0, 0.05) is 50.8 Å². The molecule has 0 bridgehead atoms. The first kappa shape index (κ1) is 50.5. The van der Waals surface area contributed by atoms with Crippen molar-refractivity contribution in [1.82, 2.24) is 36.1 Å². The highest BCUT2D eigenvalue weighted by Crippen LogP contribution is 2.23. The molecule has 1 aliphatic rings. The fourth-order valence-corrected chi connectivity index (χ4v) is 6.94. The molecule has 2 aromatic rings. The minimum atomic E-state index is -1.16. The summed E-state index contributed by atoms with van der Waals surface area (Å²) in [5, 5.41) is 22.2. The zero-order chi connectivity index (χ0) is 46.3. The Morgan fingerprint density at radius 2 is 1.48 bits per heavy atom. The van der Waals surface area contributed by atoms with Crippen molar-refractivity contribution in [3.63, 3.8) is 0 Å². The lowest BCUT2D eigenvalue weighted by atomic mass is 9.90. The van der Waals surface area contributed by atoms with Gasteiger partial charge in [-0.1, -0.05) is 69.7 Å². The summed E-state index contributed by atoms with van der Waals surface area (Å²) >= 11 is 0. The number of carbonyl (C=O) groups excluding carboxylic acids is 7. The maximum atomic E-state index is 14.2. The Bertz CT molecular complexity index is 1940. The summed E-state index contributed by atoms with van der Waals surface area (Å²) in [6, 6.07) is 6.76. The number of allylic oxidation sites excluding steroid dienone is 1. The monoisotopic (exact) mass is 859 g/mol. The Morgan fingerprint density at radius 1 is 0.871 bits per heavy atom. The highest BCUT2D eigenvalue weighted by Gasteiger charge is 2.36. The second-order valence-electron chi connectivity index (χ2n) is 16.3. The number of esters is 1. The molecule has 0 spiro atoms. The van der Waals surface area contributed by atoms with E-state index in [4.69, 9.17) is 4.74 Å². The van der Waals surface area contributed by atoms with Gasteiger partial charge in [-0.15, -0.1) is 0 Å². The molecule has 338 valence electrons. The summed E-state index contributed by atoms with van der Waals surface area (Å²) in [6.45, 7) is 12.8. The number of aromatic nitrogens is 1. The predicted molar refractivity (Wildman–Crippen MR) is 234 cm³/mol. The van der Waals surface area contributed by atoms with Gasteiger partial charge in [0.15, 0.2) is 0 Å². The lowest BCUT2D eigenvalue weighted by Gasteiger charge is -2.33. The first-order chi connectivity index (χ1) is 29.3. The predicted octanol–water partition coefficient (Wildman–Crippen LogP) is 2.40. The average Bonchev–Trinajstić information content (AvgIpc) is 3.26. The second-order valence-corrected chi connectivity index (χ2v) is 16.3. The number of benzene rings is 1. The molecule has 1 aromatic heterocycles. The Balaban J connectivity index is 2.07. The lowest BCUT2D eigenvalue weighted by molar-refractivity contribution is -0.155. The standard InChI is InChI=1S/C46H65N7O9/c1-11-27(3)39-43(58)49-32(8)46(61)62-40(28(4)12-2)30(6)37(54)19-18-29(5)41(56)50-35(24-34-20-22-47-23-21-34)42(57)48-31(7)44(59)53(10)36(25-33-16-14-13-15-17-33)45(60)52(9)26-38(55)51-39/h12-18,20-23,27,30-32,35-37,39-40,54H,11,19,24-26H2,1-10H3,(H,48,57)(H,49,58)(H,50,56)(H,51,55)/b28-12+,29-18+/t27?,30-,31-,32+,35+,36+,37-,39?,40+/m0/s1. The number of amides is 6. The van der Waals surface area contributed by atoms with Crippen LogP contribution in [0.15, 0.2) is 78.2 Å². The molecule has 1 aromatic carbocycles. The van der Waals surface area contributed by atoms with Crippen molar-refractivity contribution in [3.05, 3.63) is 89.3 Å². The maximum Gasteiger partial charge on any atom is 0.328 e. The molecule has 16 nitrogen and oxygen atoms in total. The van der Waals surface area contributed by atoms with Gasteiger partial charge in [0.1, 0.15) is 36.3 Å². The van der Waals surface area contributed by atoms with Crippen LogP contribution in [0.4, 0.5) is 0 Å². The molecule has 1 aliphatic heterocycles. The van der Waals surface area contributed by atoms with Gasteiger partial charge < -0.3 is 40.9 Å². The molecule has 6 amide bonds. The van der Waals surface area contributed by atoms with Crippen LogP contribution < -0.4 is 21.3 Å². The van der Waals surface area contributed by atoms with E-state index in [9.17, 15) is 38.7 Å². The van der Waals surface area contributed by atoms with E-state index in [1.807, 2.05) is 13.0 Å². The van der Waals surface area contributed by atoms with Crippen LogP contribution in [0.5, 0.6) is 0 Å². The number of carbonyl (C=O) groups is 7. The smallest absolute Gasteiger partial charge is 0.328 e. The summed E-state index contributed by atoms with van der Waals surface area (Å²) in [5.74, 6) is -5.52. The van der Waals surface area contributed by atoms with Crippen molar-refractivity contribution in [3.8, 4) is 0 Å². The molecular weight excluding hydrogens is 795 g/mol. The largest absolute Gasteiger partial charge is 0.456 e. The molecular formula is C46H65N7O9. The van der Waals surface area contributed by atoms with Crippen molar-refractivity contribution in [1.29, 1.82) is 0 Å². The Morgan fingerprint density at radius 3 is 2.10 bits per heavy atom. The van der Waals surface area contributed by atoms with Crippen LogP contribution in [0.25, 0.3) is 0 Å². The third-order valence-corrected chi connectivity index (χ3v) is 11.4. The van der Waals surface area contributed by atoms with E-state index in [1.54, 1.807) is 89.5 Å². The number of aliphatic hydroxyl groups is 1. The number of ether oxygens (including phenoxy) is 1. The molecule has 0 radical (unpaired) electrons. The van der Waals surface area contributed by atoms with Crippen LogP contribution in [0, 0.1) is 11.8 Å². The van der Waals surface area contributed by atoms with Gasteiger partial charge in [0.05, 0.1) is 12.6 Å². The summed E-state index contributed by atoms with van der Waals surface area (Å²) in [7, 11) is 2.86. The molecule has 5 N–H and O–H groups in total. The molecule has 0 saturated heterocycles. The number of nitrogens with zero attached hydrogens (tertiary/aromatic N) is 3. The number of hydrogen-bond donors (Lipinski definition) is 5. The van der Waals surface area contributed by atoms with E-state index >= 15 is 0 Å². The highest BCUT2D eigenvalue weighted by atomic mass is 16.5. The fourth-order valence-electron chi connectivity index (χ4n) is 6.94. The molecule has 0 aliphatic carbocycles. The van der Waals surface area contributed by atoms with Gasteiger partial charge in [0.25, 0.3) is 0 Å². The number of pyridine rings is 1. The van der Waals surface area contributed by atoms with E-state index in [-0.39, 0.29) is 30.8 Å². The SMILES string of the molecule is C/C=C(\C)[C@H]1OC(=O)[C@@H](C)NC(=O)C(C(C)CC)NC(=O)CN(C)C(=O)[C@@H](Cc2ccccc2)N(C)C(=O)[C@H](C)NC(=O)[C@@H](Cc2ccncc2)NC(=O)/C(C)=C/C[C@H](O)[C@@H]1C. The lowest BCUT2D eigenvalue weighted by Crippen LogP contribution is -2.58. The van der Waals surface area contributed by atoms with Gasteiger partial charge >= 0.3 is 5.97 Å². The summed E-state index contributed by atoms with van der Waals surface area (Å²) in [4.78, 5) is 103. The van der Waals surface area contributed by atoms with Gasteiger partial charge in [-0.25, -0.2) is 4.79 Å². The summed E-state index contributed by atoms with van der Waals surface area (Å²) < 4.78 is 5.89. The average molecular weight is 860 g/mol. The van der Waals surface area contributed by atoms with Crippen LogP contribution in [-0.2, 0) is 51.1 Å². The quantitative estimate of drug-likeness (QED) is 0.203. The van der Waals surface area contributed by atoms with Crippen molar-refractivity contribution in [2.24, 2.45) is 11.8 Å². The molecule has 2 unspecified atom stereocenters. The molecule has 0 saturated carbocycles. The fraction of sp³-hybridized carbons (Fsp3) is 0.522. The third kappa shape index (κ3) is 14.4. The van der Waals surface area contributed by atoms with E-state index in [1.165, 1.54) is 43.8 Å². The number of rotatable bonds is 7. The second kappa shape index (κ2) is 23.9. The first-order valence-electron chi connectivity index (χ1n) is 21.1. The van der Waals surface area contributed by atoms with Crippen LogP contribution in [0.3, 0.4) is 0 Å². The normalized spacial score (nSPS) is 27.8. The summed E-state index contributed by atoms with van der Waals surface area (Å²) in [5.41, 5.74) is 2.27. The van der Waals surface area contributed by atoms with E-state index in [0.29, 0.717) is 17.6 Å². The highest BCUT2D eigenvalue weighted by molar-refractivity contribution is 5.98. The van der Waals surface area contributed by atoms with Crippen molar-refractivity contribution in [2.45, 2.75) is 123 Å². The number of hydrogen-bond acceptors (Lipinski definition) is 10. The van der Waals surface area contributed by atoms with Gasteiger partial charge in [-0.2, -0.15) is 0 Å². The number of nitrogens with one attached hydrogen (secondary N) is 4. The Kier molecular flexibility index (Phi) is 19.5.